The predicted octanol–water partition coefficient (Wildman–Crippen LogP) is 5.82. The Balaban J connectivity index is 2.05. The molecule has 0 spiro atoms. The normalized spacial score (nSPS) is 22.9. The van der Waals surface area contributed by atoms with Crippen molar-refractivity contribution in [3.8, 4) is 5.75 Å². The Morgan fingerprint density at radius 3 is 2.64 bits per heavy atom. The molecule has 1 aliphatic rings. The van der Waals surface area contributed by atoms with E-state index in [-0.39, 0.29) is 11.6 Å². The molecule has 0 amide bonds. The fourth-order valence-electron chi connectivity index (χ4n) is 3.60. The molecule has 0 aromatic heterocycles. The molecule has 25 heavy (non-hydrogen) atoms. The Morgan fingerprint density at radius 1 is 1.16 bits per heavy atom. The lowest BCUT2D eigenvalue weighted by Gasteiger charge is -2.36. The van der Waals surface area contributed by atoms with Gasteiger partial charge in [-0.15, -0.1) is 11.8 Å². The monoisotopic (exact) mass is 355 g/mol. The second-order valence-electron chi connectivity index (χ2n) is 6.92. The molecule has 0 bridgehead atoms. The van der Waals surface area contributed by atoms with Crippen LogP contribution in [0.4, 0.5) is 0 Å². The third-order valence-corrected chi connectivity index (χ3v) is 6.68. The fraction of sp³-hybridized carbons (Fsp3) is 0.455. The minimum atomic E-state index is 0.174. The lowest BCUT2D eigenvalue weighted by molar-refractivity contribution is 0.297. The first-order valence-electron chi connectivity index (χ1n) is 9.34. The molecule has 0 unspecified atom stereocenters. The van der Waals surface area contributed by atoms with Gasteiger partial charge in [0.1, 0.15) is 5.75 Å². The SMILES string of the molecule is CCCC[C@@]1(CC)CSc2ccc(OC)cc2[C@@H](c2ccccc2)N1. The molecule has 2 aromatic rings. The number of fused-ring (bicyclic) bond motifs is 1. The van der Waals surface area contributed by atoms with Crippen LogP contribution < -0.4 is 10.1 Å². The Morgan fingerprint density at radius 2 is 1.96 bits per heavy atom. The summed E-state index contributed by atoms with van der Waals surface area (Å²) in [6.07, 6.45) is 4.88. The number of unbranched alkanes of at least 4 members (excludes halogenated alkanes) is 1. The van der Waals surface area contributed by atoms with Crippen LogP contribution in [0.1, 0.15) is 56.7 Å². The van der Waals surface area contributed by atoms with Gasteiger partial charge in [-0.2, -0.15) is 0 Å². The summed E-state index contributed by atoms with van der Waals surface area (Å²) < 4.78 is 5.51. The zero-order valence-electron chi connectivity index (χ0n) is 15.5. The molecule has 1 N–H and O–H groups in total. The van der Waals surface area contributed by atoms with Crippen LogP contribution in [0.15, 0.2) is 53.4 Å². The summed E-state index contributed by atoms with van der Waals surface area (Å²) in [6, 6.07) is 17.5. The Hall–Kier alpha value is -1.45. The summed E-state index contributed by atoms with van der Waals surface area (Å²) in [5.41, 5.74) is 2.84. The van der Waals surface area contributed by atoms with Gasteiger partial charge in [-0.1, -0.05) is 57.0 Å². The van der Waals surface area contributed by atoms with Gasteiger partial charge in [0.2, 0.25) is 0 Å². The van der Waals surface area contributed by atoms with Crippen LogP contribution in [-0.4, -0.2) is 18.4 Å². The van der Waals surface area contributed by atoms with Crippen molar-refractivity contribution in [2.24, 2.45) is 0 Å². The van der Waals surface area contributed by atoms with E-state index in [0.717, 1.165) is 17.9 Å². The molecule has 134 valence electrons. The summed E-state index contributed by atoms with van der Waals surface area (Å²) in [6.45, 7) is 4.60. The van der Waals surface area contributed by atoms with Gasteiger partial charge in [-0.05, 0) is 42.2 Å². The van der Waals surface area contributed by atoms with Gasteiger partial charge in [0, 0.05) is 16.2 Å². The van der Waals surface area contributed by atoms with Crippen molar-refractivity contribution in [1.29, 1.82) is 0 Å². The third-order valence-electron chi connectivity index (χ3n) is 5.30. The average molecular weight is 356 g/mol. The van der Waals surface area contributed by atoms with Crippen molar-refractivity contribution < 1.29 is 4.74 Å². The molecule has 0 fully saturated rings. The van der Waals surface area contributed by atoms with E-state index >= 15 is 0 Å². The Labute approximate surface area is 156 Å². The molecular formula is C22H29NOS. The van der Waals surface area contributed by atoms with E-state index in [0.29, 0.717) is 0 Å². The van der Waals surface area contributed by atoms with E-state index in [4.69, 9.17) is 4.74 Å². The van der Waals surface area contributed by atoms with Crippen LogP contribution >= 0.6 is 11.8 Å². The minimum Gasteiger partial charge on any atom is -0.497 e. The number of hydrogen-bond donors (Lipinski definition) is 1. The van der Waals surface area contributed by atoms with Crippen molar-refractivity contribution in [3.63, 3.8) is 0 Å². The third kappa shape index (κ3) is 4.04. The first kappa shape index (κ1) is 18.3. The van der Waals surface area contributed by atoms with Crippen molar-refractivity contribution >= 4 is 11.8 Å². The smallest absolute Gasteiger partial charge is 0.119 e. The summed E-state index contributed by atoms with van der Waals surface area (Å²) in [7, 11) is 1.74. The second kappa shape index (κ2) is 8.29. The van der Waals surface area contributed by atoms with Crippen LogP contribution in [0.3, 0.4) is 0 Å². The highest BCUT2D eigenvalue weighted by Gasteiger charge is 2.35. The topological polar surface area (TPSA) is 21.3 Å². The maximum absolute atomic E-state index is 5.51. The molecule has 0 saturated heterocycles. The van der Waals surface area contributed by atoms with E-state index in [1.165, 1.54) is 35.3 Å². The van der Waals surface area contributed by atoms with E-state index < -0.39 is 0 Å². The van der Waals surface area contributed by atoms with Crippen LogP contribution in [0.2, 0.25) is 0 Å². The average Bonchev–Trinajstić information content (AvgIpc) is 2.84. The van der Waals surface area contributed by atoms with Crippen molar-refractivity contribution in [3.05, 3.63) is 59.7 Å². The quantitative estimate of drug-likeness (QED) is 0.705. The van der Waals surface area contributed by atoms with Crippen molar-refractivity contribution in [1.82, 2.24) is 5.32 Å². The molecule has 0 radical (unpaired) electrons. The standard InChI is InChI=1S/C22H29NOS/c1-4-6-14-22(5-2)16-25-20-13-12-18(24-3)15-19(20)21(23-22)17-10-8-7-9-11-17/h7-13,15,21,23H,4-6,14,16H2,1-3H3/t21-,22+/m1/s1. The summed E-state index contributed by atoms with van der Waals surface area (Å²) in [5.74, 6) is 2.05. The van der Waals surface area contributed by atoms with Crippen molar-refractivity contribution in [2.75, 3.05) is 12.9 Å². The highest BCUT2D eigenvalue weighted by molar-refractivity contribution is 7.99. The van der Waals surface area contributed by atoms with Gasteiger partial charge >= 0.3 is 0 Å². The largest absolute Gasteiger partial charge is 0.497 e. The number of benzene rings is 2. The van der Waals surface area contributed by atoms with E-state index in [9.17, 15) is 0 Å². The van der Waals surface area contributed by atoms with Gasteiger partial charge in [-0.25, -0.2) is 0 Å². The summed E-state index contributed by atoms with van der Waals surface area (Å²) in [5, 5.41) is 4.06. The van der Waals surface area contributed by atoms with Gasteiger partial charge in [0.05, 0.1) is 13.2 Å². The number of thioether (sulfide) groups is 1. The predicted molar refractivity (Wildman–Crippen MR) is 108 cm³/mol. The first-order valence-corrected chi connectivity index (χ1v) is 10.3. The molecule has 0 saturated carbocycles. The number of hydrogen-bond acceptors (Lipinski definition) is 3. The van der Waals surface area contributed by atoms with Crippen molar-refractivity contribution in [2.45, 2.75) is 56.0 Å². The molecule has 3 heteroatoms. The van der Waals surface area contributed by atoms with E-state index in [1.54, 1.807) is 7.11 Å². The molecule has 2 atom stereocenters. The van der Waals surface area contributed by atoms with Crippen LogP contribution in [-0.2, 0) is 0 Å². The summed E-state index contributed by atoms with van der Waals surface area (Å²) >= 11 is 1.99. The summed E-state index contributed by atoms with van der Waals surface area (Å²) in [4.78, 5) is 1.37. The van der Waals surface area contributed by atoms with E-state index in [1.807, 2.05) is 11.8 Å². The number of rotatable bonds is 6. The van der Waals surface area contributed by atoms with Gasteiger partial charge < -0.3 is 4.74 Å². The highest BCUT2D eigenvalue weighted by atomic mass is 32.2. The maximum Gasteiger partial charge on any atom is 0.119 e. The maximum atomic E-state index is 5.51. The molecule has 1 heterocycles. The molecule has 2 aromatic carbocycles. The van der Waals surface area contributed by atoms with E-state index in [2.05, 4.69) is 67.7 Å². The first-order chi connectivity index (χ1) is 12.2. The zero-order chi connectivity index (χ0) is 17.7. The lowest BCUT2D eigenvalue weighted by Crippen LogP contribution is -2.48. The zero-order valence-corrected chi connectivity index (χ0v) is 16.4. The van der Waals surface area contributed by atoms with Gasteiger partial charge in [-0.3, -0.25) is 5.32 Å². The fourth-order valence-corrected chi connectivity index (χ4v) is 4.97. The number of methoxy groups -OCH3 is 1. The number of ether oxygens (including phenoxy) is 1. The highest BCUT2D eigenvalue weighted by Crippen LogP contribution is 2.42. The molecule has 1 aliphatic heterocycles. The molecular weight excluding hydrogens is 326 g/mol. The molecule has 3 rings (SSSR count). The van der Waals surface area contributed by atoms with Gasteiger partial charge in [0.15, 0.2) is 0 Å². The minimum absolute atomic E-state index is 0.174. The lowest BCUT2D eigenvalue weighted by atomic mass is 9.88. The van der Waals surface area contributed by atoms with Crippen LogP contribution in [0, 0.1) is 0 Å². The molecule has 0 aliphatic carbocycles. The number of nitrogens with one attached hydrogen (secondary N) is 1. The van der Waals surface area contributed by atoms with Gasteiger partial charge in [0.25, 0.3) is 0 Å². The Bertz CT molecular complexity index is 688. The molecule has 2 nitrogen and oxygen atoms in total. The second-order valence-corrected chi connectivity index (χ2v) is 7.94. The van der Waals surface area contributed by atoms with Crippen LogP contribution in [0.5, 0.6) is 5.75 Å². The van der Waals surface area contributed by atoms with Crippen LogP contribution in [0.25, 0.3) is 0 Å². The Kier molecular flexibility index (Phi) is 6.08.